The molecule has 0 bridgehead atoms. The number of halogens is 11. The summed E-state index contributed by atoms with van der Waals surface area (Å²) in [5.41, 5.74) is -9.87. The van der Waals surface area contributed by atoms with Crippen LogP contribution in [-0.4, -0.2) is 52.6 Å². The number of aliphatic hydroxyl groups is 1. The lowest BCUT2D eigenvalue weighted by atomic mass is 9.67. The van der Waals surface area contributed by atoms with E-state index in [2.05, 4.69) is 4.74 Å². The van der Waals surface area contributed by atoms with Gasteiger partial charge in [-0.05, 0) is 26.7 Å². The third-order valence-corrected chi connectivity index (χ3v) is 5.34. The van der Waals surface area contributed by atoms with Crippen LogP contribution in [0.1, 0.15) is 40.0 Å². The molecule has 0 aliphatic heterocycles. The summed E-state index contributed by atoms with van der Waals surface area (Å²) >= 11 is 0. The molecular weight excluding hydrogens is 449 g/mol. The fraction of sp³-hybridized carbons (Fsp3) is 0.938. The van der Waals surface area contributed by atoms with Crippen LogP contribution >= 0.6 is 0 Å². The van der Waals surface area contributed by atoms with Gasteiger partial charge >= 0.3 is 18.3 Å². The fourth-order valence-electron chi connectivity index (χ4n) is 3.31. The van der Waals surface area contributed by atoms with E-state index < -0.39 is 78.6 Å². The normalized spacial score (nSPS) is 30.6. The monoisotopic (exact) mass is 468 g/mol. The molecule has 30 heavy (non-hydrogen) atoms. The molecule has 1 fully saturated rings. The van der Waals surface area contributed by atoms with Crippen LogP contribution in [0.15, 0.2) is 0 Å². The number of hydrogen-bond donors (Lipinski definition) is 1. The fourth-order valence-corrected chi connectivity index (χ4v) is 3.31. The number of carbonyl (C=O) groups excluding carboxylic acids is 1. The first-order valence-electron chi connectivity index (χ1n) is 8.58. The summed E-state index contributed by atoms with van der Waals surface area (Å²) in [5.74, 6) is -16.7. The van der Waals surface area contributed by atoms with Gasteiger partial charge in [0.25, 0.3) is 17.4 Å². The Hall–Kier alpha value is -1.34. The molecule has 0 aromatic heterocycles. The largest absolute Gasteiger partial charge is 0.462 e. The summed E-state index contributed by atoms with van der Waals surface area (Å²) in [6, 6.07) is 0. The van der Waals surface area contributed by atoms with Crippen molar-refractivity contribution in [1.82, 2.24) is 0 Å². The van der Waals surface area contributed by atoms with Gasteiger partial charge in [0, 0.05) is 12.3 Å². The molecule has 4 atom stereocenters. The highest BCUT2D eigenvalue weighted by Crippen LogP contribution is 2.58. The summed E-state index contributed by atoms with van der Waals surface area (Å²) in [7, 11) is 0. The van der Waals surface area contributed by atoms with Crippen LogP contribution in [-0.2, 0) is 9.53 Å². The van der Waals surface area contributed by atoms with Crippen molar-refractivity contribution in [1.29, 1.82) is 0 Å². The van der Waals surface area contributed by atoms with Crippen molar-refractivity contribution < 1.29 is 62.9 Å². The van der Waals surface area contributed by atoms with Crippen molar-refractivity contribution in [2.75, 3.05) is 0 Å². The zero-order valence-corrected chi connectivity index (χ0v) is 15.8. The van der Waals surface area contributed by atoms with E-state index in [1.54, 1.807) is 0 Å². The maximum atomic E-state index is 14.3. The van der Waals surface area contributed by atoms with Crippen LogP contribution < -0.4 is 0 Å². The minimum Gasteiger partial charge on any atom is -0.462 e. The van der Waals surface area contributed by atoms with Gasteiger partial charge in [-0.3, -0.25) is 4.79 Å². The van der Waals surface area contributed by atoms with Crippen LogP contribution in [0, 0.1) is 11.8 Å². The molecule has 1 rings (SSSR count). The van der Waals surface area contributed by atoms with E-state index in [-0.39, 0.29) is 6.92 Å². The number of carbonyl (C=O) groups is 1. The van der Waals surface area contributed by atoms with Gasteiger partial charge < -0.3 is 9.84 Å². The van der Waals surface area contributed by atoms with Gasteiger partial charge in [0.1, 0.15) is 12.0 Å². The lowest BCUT2D eigenvalue weighted by Crippen LogP contribution is -2.67. The first kappa shape index (κ1) is 26.7. The third-order valence-electron chi connectivity index (χ3n) is 5.34. The highest BCUT2D eigenvalue weighted by Gasteiger charge is 2.76. The summed E-state index contributed by atoms with van der Waals surface area (Å²) < 4.78 is 151. The van der Waals surface area contributed by atoms with E-state index in [1.165, 1.54) is 0 Å². The predicted molar refractivity (Wildman–Crippen MR) is 78.5 cm³/mol. The molecule has 0 aromatic carbocycles. The second kappa shape index (κ2) is 7.66. The first-order valence-corrected chi connectivity index (χ1v) is 8.58. The summed E-state index contributed by atoms with van der Waals surface area (Å²) in [4.78, 5) is 12.0. The minimum absolute atomic E-state index is 0.148. The van der Waals surface area contributed by atoms with Crippen molar-refractivity contribution >= 4 is 5.97 Å². The molecule has 178 valence electrons. The Balaban J connectivity index is 3.14. The molecule has 4 unspecified atom stereocenters. The number of rotatable bonds is 5. The highest BCUT2D eigenvalue weighted by atomic mass is 19.4. The van der Waals surface area contributed by atoms with E-state index in [0.717, 1.165) is 6.92 Å². The van der Waals surface area contributed by atoms with Gasteiger partial charge in [0.2, 0.25) is 5.67 Å². The Morgan fingerprint density at radius 3 is 1.83 bits per heavy atom. The van der Waals surface area contributed by atoms with Crippen LogP contribution in [0.3, 0.4) is 0 Å². The van der Waals surface area contributed by atoms with E-state index in [0.29, 0.717) is 6.92 Å². The second-order valence-corrected chi connectivity index (χ2v) is 7.45. The lowest BCUT2D eigenvalue weighted by Gasteiger charge is -2.48. The smallest absolute Gasteiger partial charge is 0.426 e. The standard InChI is InChI=1S/C16H19F11O3/c1-4-8-5-9(14(20,21)11(3,17)13(8,18)19)10(28)30-7(2)6-12(29,15(22,23)24)16(25,26)27/h7-9,29H,4-6H2,1-3H3. The van der Waals surface area contributed by atoms with Gasteiger partial charge in [-0.1, -0.05) is 6.92 Å². The topological polar surface area (TPSA) is 46.5 Å². The molecule has 14 heteroatoms. The van der Waals surface area contributed by atoms with E-state index in [9.17, 15) is 53.1 Å². The van der Waals surface area contributed by atoms with E-state index in [1.807, 2.05) is 0 Å². The quantitative estimate of drug-likeness (QED) is 0.445. The summed E-state index contributed by atoms with van der Waals surface area (Å²) in [6.07, 6.45) is -19.1. The Morgan fingerprint density at radius 2 is 1.47 bits per heavy atom. The predicted octanol–water partition coefficient (Wildman–Crippen LogP) is 5.21. The zero-order chi connectivity index (χ0) is 24.1. The summed E-state index contributed by atoms with van der Waals surface area (Å²) in [6.45, 7) is 1.39. The van der Waals surface area contributed by atoms with Crippen LogP contribution in [0.4, 0.5) is 48.3 Å². The average Bonchev–Trinajstić information content (AvgIpc) is 2.51. The van der Waals surface area contributed by atoms with Gasteiger partial charge in [-0.25, -0.2) is 22.0 Å². The van der Waals surface area contributed by atoms with Crippen LogP contribution in [0.2, 0.25) is 0 Å². The molecule has 3 nitrogen and oxygen atoms in total. The molecule has 0 aromatic rings. The van der Waals surface area contributed by atoms with Crippen molar-refractivity contribution in [3.05, 3.63) is 0 Å². The zero-order valence-electron chi connectivity index (χ0n) is 15.8. The molecule has 1 aliphatic rings. The number of hydrogen-bond acceptors (Lipinski definition) is 3. The van der Waals surface area contributed by atoms with Gasteiger partial charge in [-0.2, -0.15) is 26.3 Å². The Bertz CT molecular complexity index is 625. The van der Waals surface area contributed by atoms with E-state index >= 15 is 0 Å². The Kier molecular flexibility index (Phi) is 6.82. The number of esters is 1. The molecule has 0 saturated heterocycles. The summed E-state index contributed by atoms with van der Waals surface area (Å²) in [5, 5.41) is 9.06. The minimum atomic E-state index is -6.26. The van der Waals surface area contributed by atoms with Crippen LogP contribution in [0.5, 0.6) is 0 Å². The van der Waals surface area contributed by atoms with Crippen molar-refractivity contribution in [3.63, 3.8) is 0 Å². The molecule has 0 amide bonds. The van der Waals surface area contributed by atoms with Crippen LogP contribution in [0.25, 0.3) is 0 Å². The third kappa shape index (κ3) is 4.07. The van der Waals surface area contributed by atoms with Gasteiger partial charge in [0.15, 0.2) is 0 Å². The first-order chi connectivity index (χ1) is 13.1. The Morgan fingerprint density at radius 1 is 1.03 bits per heavy atom. The average molecular weight is 468 g/mol. The molecule has 0 spiro atoms. The molecule has 1 saturated carbocycles. The maximum Gasteiger partial charge on any atom is 0.426 e. The molecule has 1 N–H and O–H groups in total. The van der Waals surface area contributed by atoms with Gasteiger partial charge in [0.05, 0.1) is 0 Å². The Labute approximate surface area is 163 Å². The SMILES string of the molecule is CCC1CC(C(=O)OC(C)CC(O)(C(F)(F)F)C(F)(F)F)C(F)(F)C(C)(F)C1(F)F. The molecule has 0 heterocycles. The number of alkyl halides is 11. The van der Waals surface area contributed by atoms with Crippen molar-refractivity contribution in [2.24, 2.45) is 11.8 Å². The van der Waals surface area contributed by atoms with Crippen molar-refractivity contribution in [2.45, 2.75) is 81.6 Å². The lowest BCUT2D eigenvalue weighted by molar-refractivity contribution is -0.374. The highest BCUT2D eigenvalue weighted by molar-refractivity contribution is 5.74. The van der Waals surface area contributed by atoms with E-state index in [4.69, 9.17) is 5.11 Å². The molecule has 1 aliphatic carbocycles. The van der Waals surface area contributed by atoms with Gasteiger partial charge in [-0.15, -0.1) is 0 Å². The maximum absolute atomic E-state index is 14.3. The second-order valence-electron chi connectivity index (χ2n) is 7.45. The number of ether oxygens (including phenoxy) is 1. The molecule has 0 radical (unpaired) electrons. The van der Waals surface area contributed by atoms with Crippen molar-refractivity contribution in [3.8, 4) is 0 Å². The molecular formula is C16H19F11O3.